The lowest BCUT2D eigenvalue weighted by molar-refractivity contribution is -0.0436. The molecule has 0 atom stereocenters. The van der Waals surface area contributed by atoms with Gasteiger partial charge in [-0.2, -0.15) is 13.2 Å². The topological polar surface area (TPSA) is 54.5 Å². The predicted molar refractivity (Wildman–Crippen MR) is 94.0 cm³/mol. The normalized spacial score (nSPS) is 14.8. The molecular weight excluding hydrogens is 422 g/mol. The Hall–Kier alpha value is -2.13. The molecule has 4 nitrogen and oxygen atoms in total. The molecule has 2 aromatic carbocycles. The van der Waals surface area contributed by atoms with Crippen LogP contribution in [0.4, 0.5) is 17.6 Å². The van der Waals surface area contributed by atoms with Gasteiger partial charge in [-0.05, 0) is 49.2 Å². The quantitative estimate of drug-likeness (QED) is 0.646. The van der Waals surface area contributed by atoms with Gasteiger partial charge in [-0.25, -0.2) is 12.8 Å². The number of carbonyl (C=O) groups is 1. The van der Waals surface area contributed by atoms with Gasteiger partial charge < -0.3 is 4.90 Å². The minimum atomic E-state index is -5.49. The van der Waals surface area contributed by atoms with Gasteiger partial charge in [0, 0.05) is 22.2 Å². The van der Waals surface area contributed by atoms with Crippen LogP contribution in [-0.4, -0.2) is 30.8 Å². The number of rotatable bonds is 5. The Bertz CT molecular complexity index is 982. The van der Waals surface area contributed by atoms with Crippen molar-refractivity contribution in [2.24, 2.45) is 0 Å². The van der Waals surface area contributed by atoms with E-state index in [9.17, 15) is 30.8 Å². The third kappa shape index (κ3) is 4.00. The lowest BCUT2D eigenvalue weighted by Gasteiger charge is -2.23. The number of carbonyl (C=O) groups excluding carboxylic acids is 1. The number of hydrogen-bond donors (Lipinski definition) is 0. The molecule has 0 spiro atoms. The van der Waals surface area contributed by atoms with Gasteiger partial charge in [-0.1, -0.05) is 17.7 Å². The molecule has 0 saturated heterocycles. The number of amides is 1. The molecule has 2 aromatic rings. The van der Waals surface area contributed by atoms with Crippen LogP contribution in [0, 0.1) is 5.82 Å². The molecule has 0 unspecified atom stereocenters. The second-order valence-electron chi connectivity index (χ2n) is 6.34. The zero-order valence-electron chi connectivity index (χ0n) is 14.2. The first-order valence-corrected chi connectivity index (χ1v) is 10.0. The zero-order valence-corrected chi connectivity index (χ0v) is 15.8. The van der Waals surface area contributed by atoms with Crippen molar-refractivity contribution in [3.63, 3.8) is 0 Å². The fraction of sp³-hybridized carbons (Fsp3) is 0.278. The molecule has 10 heteroatoms. The average Bonchev–Trinajstić information content (AvgIpc) is 3.45. The first-order chi connectivity index (χ1) is 13.0. The monoisotopic (exact) mass is 435 g/mol. The average molecular weight is 436 g/mol. The van der Waals surface area contributed by atoms with Gasteiger partial charge in [-0.3, -0.25) is 4.79 Å². The fourth-order valence-electron chi connectivity index (χ4n) is 2.68. The smallest absolute Gasteiger partial charge is 0.331 e. The van der Waals surface area contributed by atoms with Crippen LogP contribution in [0.2, 0.25) is 5.02 Å². The van der Waals surface area contributed by atoms with E-state index in [-0.39, 0.29) is 28.7 Å². The van der Waals surface area contributed by atoms with Gasteiger partial charge >= 0.3 is 5.51 Å². The standard InChI is InChI=1S/C18H14ClF4NO3S/c19-15-2-1-3-16(20)14(15)10-24(12-6-7-12)17(25)11-4-8-13(9-5-11)28(26,27)18(21,22)23/h1-5,8-9,12H,6-7,10H2. The van der Waals surface area contributed by atoms with Crippen LogP contribution in [0.25, 0.3) is 0 Å². The molecule has 1 aliphatic rings. The Labute approximate surface area is 163 Å². The summed E-state index contributed by atoms with van der Waals surface area (Å²) in [5.74, 6) is -1.12. The molecule has 28 heavy (non-hydrogen) atoms. The van der Waals surface area contributed by atoms with Crippen LogP contribution in [0.3, 0.4) is 0 Å². The third-order valence-corrected chi connectivity index (χ3v) is 6.21. The summed E-state index contributed by atoms with van der Waals surface area (Å²) in [4.78, 5) is 13.2. The second-order valence-corrected chi connectivity index (χ2v) is 8.69. The summed E-state index contributed by atoms with van der Waals surface area (Å²) in [5, 5.41) is 0.157. The molecule has 1 saturated carbocycles. The lowest BCUT2D eigenvalue weighted by Crippen LogP contribution is -2.33. The molecular formula is C18H14ClF4NO3S. The molecule has 0 heterocycles. The molecule has 0 radical (unpaired) electrons. The largest absolute Gasteiger partial charge is 0.501 e. The Morgan fingerprint density at radius 1 is 1.11 bits per heavy atom. The summed E-state index contributed by atoms with van der Waals surface area (Å²) in [6.45, 7) is -0.0996. The van der Waals surface area contributed by atoms with Crippen molar-refractivity contribution in [2.75, 3.05) is 0 Å². The molecule has 150 valence electrons. The first-order valence-electron chi connectivity index (χ1n) is 8.17. The van der Waals surface area contributed by atoms with Crippen molar-refractivity contribution in [3.05, 3.63) is 64.4 Å². The van der Waals surface area contributed by atoms with E-state index < -0.39 is 32.0 Å². The Morgan fingerprint density at radius 3 is 2.21 bits per heavy atom. The molecule has 0 aliphatic heterocycles. The number of hydrogen-bond acceptors (Lipinski definition) is 3. The third-order valence-electron chi connectivity index (χ3n) is 4.35. The summed E-state index contributed by atoms with van der Waals surface area (Å²) in [5.41, 5.74) is -5.29. The van der Waals surface area contributed by atoms with Gasteiger partial charge in [0.2, 0.25) is 0 Å². The summed E-state index contributed by atoms with van der Waals surface area (Å²) in [6.07, 6.45) is 1.41. The molecule has 1 aliphatic carbocycles. The van der Waals surface area contributed by atoms with Crippen molar-refractivity contribution in [1.82, 2.24) is 4.90 Å². The Morgan fingerprint density at radius 2 is 1.71 bits per heavy atom. The van der Waals surface area contributed by atoms with E-state index >= 15 is 0 Å². The predicted octanol–water partition coefficient (Wildman–Crippen LogP) is 4.58. The van der Waals surface area contributed by atoms with E-state index in [1.807, 2.05) is 0 Å². The van der Waals surface area contributed by atoms with Gasteiger partial charge in [0.25, 0.3) is 15.7 Å². The van der Waals surface area contributed by atoms with Crippen LogP contribution >= 0.6 is 11.6 Å². The molecule has 0 N–H and O–H groups in total. The van der Waals surface area contributed by atoms with E-state index in [1.165, 1.54) is 23.1 Å². The van der Waals surface area contributed by atoms with Crippen molar-refractivity contribution >= 4 is 27.3 Å². The highest BCUT2D eigenvalue weighted by Crippen LogP contribution is 2.33. The van der Waals surface area contributed by atoms with Gasteiger partial charge in [0.1, 0.15) is 5.82 Å². The zero-order chi connectivity index (χ0) is 20.7. The molecule has 1 fully saturated rings. The highest BCUT2D eigenvalue weighted by atomic mass is 35.5. The van der Waals surface area contributed by atoms with Crippen molar-refractivity contribution < 1.29 is 30.8 Å². The SMILES string of the molecule is O=C(c1ccc(S(=O)(=O)C(F)(F)F)cc1)N(Cc1c(F)cccc1Cl)C1CC1. The maximum absolute atomic E-state index is 14.1. The van der Waals surface area contributed by atoms with Crippen LogP contribution in [0.1, 0.15) is 28.8 Å². The first kappa shape index (κ1) is 20.6. The Kier molecular flexibility index (Phi) is 5.42. The second kappa shape index (κ2) is 7.36. The van der Waals surface area contributed by atoms with Gasteiger partial charge in [0.15, 0.2) is 0 Å². The van der Waals surface area contributed by atoms with E-state index in [2.05, 4.69) is 0 Å². The van der Waals surface area contributed by atoms with Gasteiger partial charge in [0.05, 0.1) is 11.4 Å². The van der Waals surface area contributed by atoms with E-state index in [1.54, 1.807) is 0 Å². The van der Waals surface area contributed by atoms with E-state index in [0.29, 0.717) is 12.8 Å². The van der Waals surface area contributed by atoms with Gasteiger partial charge in [-0.15, -0.1) is 0 Å². The van der Waals surface area contributed by atoms with E-state index in [0.717, 1.165) is 24.3 Å². The summed E-state index contributed by atoms with van der Waals surface area (Å²) in [6, 6.07) is 7.50. The van der Waals surface area contributed by atoms with Crippen LogP contribution in [-0.2, 0) is 16.4 Å². The number of nitrogens with zero attached hydrogens (tertiary/aromatic N) is 1. The minimum Gasteiger partial charge on any atom is -0.331 e. The fourth-order valence-corrected chi connectivity index (χ4v) is 3.67. The molecule has 3 rings (SSSR count). The maximum Gasteiger partial charge on any atom is 0.501 e. The number of benzene rings is 2. The van der Waals surface area contributed by atoms with Crippen LogP contribution in [0.5, 0.6) is 0 Å². The lowest BCUT2D eigenvalue weighted by atomic mass is 10.1. The maximum atomic E-state index is 14.1. The molecule has 0 aromatic heterocycles. The summed E-state index contributed by atoms with van der Waals surface area (Å²) >= 11 is 6.01. The van der Waals surface area contributed by atoms with Crippen LogP contribution in [0.15, 0.2) is 47.4 Å². The highest BCUT2D eigenvalue weighted by Gasteiger charge is 2.46. The summed E-state index contributed by atoms with van der Waals surface area (Å²) in [7, 11) is -5.49. The number of halogens is 5. The Balaban J connectivity index is 1.87. The van der Waals surface area contributed by atoms with Crippen molar-refractivity contribution in [3.8, 4) is 0 Å². The molecule has 0 bridgehead atoms. The minimum absolute atomic E-state index is 0.000450. The molecule has 1 amide bonds. The number of alkyl halides is 3. The van der Waals surface area contributed by atoms with E-state index in [4.69, 9.17) is 11.6 Å². The van der Waals surface area contributed by atoms with Crippen molar-refractivity contribution in [2.45, 2.75) is 35.8 Å². The highest BCUT2D eigenvalue weighted by molar-refractivity contribution is 7.92. The summed E-state index contributed by atoms with van der Waals surface area (Å²) < 4.78 is 74.8. The van der Waals surface area contributed by atoms with Crippen LogP contribution < -0.4 is 0 Å². The number of sulfone groups is 1. The van der Waals surface area contributed by atoms with Crippen molar-refractivity contribution in [1.29, 1.82) is 0 Å².